The molecule has 3 rings (SSSR count). The number of phosphoric acid groups is 1. The molecular formula is C16H20Cl2F3N5O8P2. The minimum Gasteiger partial charge on any atom is -0.383 e. The van der Waals surface area contributed by atoms with Crippen LogP contribution in [0.1, 0.15) is 24.6 Å². The van der Waals surface area contributed by atoms with Crippen LogP contribution in [0, 0.1) is 0 Å². The van der Waals surface area contributed by atoms with Crippen molar-refractivity contribution < 1.29 is 50.3 Å². The summed E-state index contributed by atoms with van der Waals surface area (Å²) in [6.07, 6.45) is -6.14. The number of halogens is 5. The van der Waals surface area contributed by atoms with Crippen LogP contribution in [0.4, 0.5) is 19.0 Å². The molecule has 3 atom stereocenters. The molecule has 0 aromatic carbocycles. The molecule has 0 saturated carbocycles. The highest BCUT2D eigenvalue weighted by atomic mass is 35.9. The van der Waals surface area contributed by atoms with Gasteiger partial charge in [-0.1, -0.05) is 0 Å². The standard InChI is InChI=1S/C16H20Cl2F3N5O8P2/c17-35(18,28)32-7-10-1-2-11(34-10)26-5-9(12-13(22)24-8-25-14(12)26)6-33-36(29,30)31-4-3-23-15(27)16(19,20)21/h5,8,10-11H,1-4,6-7H2,(H,23,27)(H,29,30)(H2,22,24,25). The zero-order chi connectivity index (χ0) is 26.7. The third kappa shape index (κ3) is 8.01. The Morgan fingerprint density at radius 1 is 1.28 bits per heavy atom. The van der Waals surface area contributed by atoms with Crippen molar-refractivity contribution in [3.63, 3.8) is 0 Å². The van der Waals surface area contributed by atoms with Crippen molar-refractivity contribution in [3.05, 3.63) is 18.1 Å². The highest BCUT2D eigenvalue weighted by molar-refractivity contribution is 8.05. The first kappa shape index (κ1) is 29.1. The lowest BCUT2D eigenvalue weighted by Crippen LogP contribution is -2.38. The summed E-state index contributed by atoms with van der Waals surface area (Å²) in [5.74, 6) is -2.17. The minimum atomic E-state index is -5.10. The highest BCUT2D eigenvalue weighted by Gasteiger charge is 2.38. The summed E-state index contributed by atoms with van der Waals surface area (Å²) in [5.41, 5.74) is 6.58. The van der Waals surface area contributed by atoms with Gasteiger partial charge in [-0.15, -0.1) is 0 Å². The lowest BCUT2D eigenvalue weighted by molar-refractivity contribution is -0.173. The molecule has 1 aliphatic heterocycles. The number of nitrogens with zero attached hydrogens (tertiary/aromatic N) is 3. The van der Waals surface area contributed by atoms with Gasteiger partial charge in [0.15, 0.2) is 0 Å². The largest absolute Gasteiger partial charge is 0.472 e. The topological polar surface area (TPSA) is 177 Å². The van der Waals surface area contributed by atoms with Gasteiger partial charge in [-0.05, 0) is 35.3 Å². The second kappa shape index (κ2) is 11.5. The first-order valence-electron chi connectivity index (χ1n) is 10.0. The number of amides is 1. The van der Waals surface area contributed by atoms with Crippen LogP contribution in [0.15, 0.2) is 12.5 Å². The molecule has 36 heavy (non-hydrogen) atoms. The number of hydrogen-bond acceptors (Lipinski definition) is 10. The van der Waals surface area contributed by atoms with Gasteiger partial charge >= 0.3 is 26.0 Å². The fourth-order valence-electron chi connectivity index (χ4n) is 3.31. The number of phosphoric ester groups is 1. The van der Waals surface area contributed by atoms with Crippen molar-refractivity contribution in [1.29, 1.82) is 0 Å². The van der Waals surface area contributed by atoms with Crippen LogP contribution in [-0.2, 0) is 38.8 Å². The van der Waals surface area contributed by atoms with Gasteiger partial charge in [0, 0.05) is 18.3 Å². The van der Waals surface area contributed by atoms with Crippen LogP contribution in [0.5, 0.6) is 0 Å². The quantitative estimate of drug-likeness (QED) is 0.254. The Morgan fingerprint density at radius 3 is 2.67 bits per heavy atom. The molecule has 4 N–H and O–H groups in total. The zero-order valence-electron chi connectivity index (χ0n) is 18.1. The average Bonchev–Trinajstić information content (AvgIpc) is 3.38. The SMILES string of the molecule is Nc1ncnc2c1c(CO[P@@](=O)(O)OCCNC(=O)C(F)(F)F)cn2C1CCC(COP(=O)(Cl)Cl)O1. The van der Waals surface area contributed by atoms with Gasteiger partial charge in [0.1, 0.15) is 24.0 Å². The number of carbonyl (C=O) groups excluding carboxylic acids is 1. The predicted molar refractivity (Wildman–Crippen MR) is 120 cm³/mol. The summed E-state index contributed by atoms with van der Waals surface area (Å²) in [7, 11) is -4.73. The Bertz CT molecular complexity index is 1200. The third-order valence-corrected chi connectivity index (χ3v) is 6.81. The molecule has 202 valence electrons. The number of alkyl halides is 3. The van der Waals surface area contributed by atoms with E-state index in [-0.39, 0.29) is 12.4 Å². The summed E-state index contributed by atoms with van der Waals surface area (Å²) in [6, 6.07) is 0. The molecule has 0 spiro atoms. The lowest BCUT2D eigenvalue weighted by atomic mass is 10.2. The first-order chi connectivity index (χ1) is 16.7. The second-order valence-electron chi connectivity index (χ2n) is 7.35. The summed E-state index contributed by atoms with van der Waals surface area (Å²) < 4.78 is 81.8. The van der Waals surface area contributed by atoms with E-state index in [1.807, 2.05) is 0 Å². The Kier molecular flexibility index (Phi) is 9.29. The van der Waals surface area contributed by atoms with Gasteiger partial charge in [-0.2, -0.15) is 13.2 Å². The smallest absolute Gasteiger partial charge is 0.383 e. The van der Waals surface area contributed by atoms with Crippen LogP contribution in [0.25, 0.3) is 11.0 Å². The number of nitrogens with two attached hydrogens (primary N) is 1. The molecule has 3 heterocycles. The van der Waals surface area contributed by atoms with E-state index in [1.54, 1.807) is 4.57 Å². The molecule has 1 amide bonds. The number of anilines is 1. The van der Waals surface area contributed by atoms with Crippen LogP contribution in [-0.4, -0.2) is 57.4 Å². The monoisotopic (exact) mass is 599 g/mol. The van der Waals surface area contributed by atoms with E-state index in [0.717, 1.165) is 0 Å². The Morgan fingerprint density at radius 2 is 2.00 bits per heavy atom. The number of rotatable bonds is 11. The second-order valence-corrected chi connectivity index (χ2v) is 13.1. The average molecular weight is 600 g/mol. The number of ether oxygens (including phenoxy) is 1. The summed E-state index contributed by atoms with van der Waals surface area (Å²) in [5, 5.41) is 1.80. The van der Waals surface area contributed by atoms with Crippen LogP contribution >= 0.6 is 36.4 Å². The van der Waals surface area contributed by atoms with Crippen LogP contribution in [0.3, 0.4) is 0 Å². The molecule has 1 saturated heterocycles. The van der Waals surface area contributed by atoms with Gasteiger partial charge in [-0.25, -0.2) is 14.5 Å². The molecule has 2 unspecified atom stereocenters. The molecule has 1 aliphatic rings. The van der Waals surface area contributed by atoms with Crippen LogP contribution < -0.4 is 11.1 Å². The Hall–Kier alpha value is -1.48. The number of nitrogen functional groups attached to an aromatic ring is 1. The summed E-state index contributed by atoms with van der Waals surface area (Å²) >= 11 is 10.8. The number of fused-ring (bicyclic) bond motifs is 1. The van der Waals surface area contributed by atoms with E-state index in [0.29, 0.717) is 29.4 Å². The number of carbonyl (C=O) groups is 1. The molecular weight excluding hydrogens is 580 g/mol. The third-order valence-electron chi connectivity index (χ3n) is 4.81. The molecule has 0 aliphatic carbocycles. The maximum Gasteiger partial charge on any atom is 0.472 e. The minimum absolute atomic E-state index is 0.0454. The normalized spacial score (nSPS) is 20.5. The molecule has 13 nitrogen and oxygen atoms in total. The molecule has 20 heteroatoms. The maximum absolute atomic E-state index is 12.2. The molecule has 2 aromatic rings. The maximum atomic E-state index is 12.2. The number of aromatic nitrogens is 3. The van der Waals surface area contributed by atoms with Gasteiger partial charge in [-0.3, -0.25) is 18.4 Å². The van der Waals surface area contributed by atoms with Crippen molar-refractivity contribution in [3.8, 4) is 0 Å². The summed E-state index contributed by atoms with van der Waals surface area (Å²) in [6.45, 7) is -2.02. The molecule has 0 radical (unpaired) electrons. The van der Waals surface area contributed by atoms with Crippen molar-refractivity contribution in [1.82, 2.24) is 19.9 Å². The van der Waals surface area contributed by atoms with Gasteiger partial charge in [0.25, 0.3) is 0 Å². The fraction of sp³-hybridized carbons (Fsp3) is 0.562. The number of hydrogen-bond donors (Lipinski definition) is 3. The van der Waals surface area contributed by atoms with E-state index in [1.165, 1.54) is 17.8 Å². The van der Waals surface area contributed by atoms with Gasteiger partial charge in [0.2, 0.25) is 0 Å². The highest BCUT2D eigenvalue weighted by Crippen LogP contribution is 2.58. The summed E-state index contributed by atoms with van der Waals surface area (Å²) in [4.78, 5) is 28.7. The van der Waals surface area contributed by atoms with Gasteiger partial charge in [0.05, 0.1) is 31.3 Å². The van der Waals surface area contributed by atoms with Crippen LogP contribution in [0.2, 0.25) is 0 Å². The van der Waals surface area contributed by atoms with E-state index in [9.17, 15) is 32.0 Å². The Labute approximate surface area is 211 Å². The lowest BCUT2D eigenvalue weighted by Gasteiger charge is -2.16. The van der Waals surface area contributed by atoms with E-state index >= 15 is 0 Å². The zero-order valence-corrected chi connectivity index (χ0v) is 21.4. The molecule has 1 fully saturated rings. The predicted octanol–water partition coefficient (Wildman–Crippen LogP) is 3.61. The van der Waals surface area contributed by atoms with E-state index in [2.05, 4.69) is 14.5 Å². The van der Waals surface area contributed by atoms with Crippen molar-refractivity contribution in [2.45, 2.75) is 38.0 Å². The van der Waals surface area contributed by atoms with Crippen molar-refractivity contribution in [2.24, 2.45) is 0 Å². The van der Waals surface area contributed by atoms with Crippen molar-refractivity contribution >= 4 is 59.1 Å². The fourth-order valence-corrected chi connectivity index (χ4v) is 4.69. The van der Waals surface area contributed by atoms with Gasteiger partial charge < -0.3 is 29.8 Å². The van der Waals surface area contributed by atoms with E-state index < -0.39 is 58.1 Å². The first-order valence-corrected chi connectivity index (χ1v) is 15.0. The Balaban J connectivity index is 1.65. The molecule has 0 bridgehead atoms. The number of nitrogens with one attached hydrogen (secondary N) is 1. The van der Waals surface area contributed by atoms with E-state index in [4.69, 9.17) is 42.0 Å². The molecule has 2 aromatic heterocycles. The van der Waals surface area contributed by atoms with Crippen molar-refractivity contribution in [2.75, 3.05) is 25.5 Å².